The van der Waals surface area contributed by atoms with Gasteiger partial charge in [-0.2, -0.15) is 0 Å². The third-order valence-corrected chi connectivity index (χ3v) is 5.17. The zero-order chi connectivity index (χ0) is 17.6. The van der Waals surface area contributed by atoms with Gasteiger partial charge in [0.25, 0.3) is 0 Å². The molecule has 0 aromatic heterocycles. The predicted octanol–water partition coefficient (Wildman–Crippen LogP) is 1.96. The molecule has 2 amide bonds. The molecular formula is C19H31N3O2. The number of rotatable bonds is 6. The minimum Gasteiger partial charge on any atom is -0.396 e. The second kappa shape index (κ2) is 8.49. The number of urea groups is 1. The van der Waals surface area contributed by atoms with E-state index in [9.17, 15) is 9.90 Å². The fourth-order valence-corrected chi connectivity index (χ4v) is 3.05. The van der Waals surface area contributed by atoms with Crippen molar-refractivity contribution in [2.45, 2.75) is 32.2 Å². The highest BCUT2D eigenvalue weighted by molar-refractivity contribution is 5.74. The number of aliphatic hydroxyl groups excluding tert-OH is 1. The molecule has 2 N–H and O–H groups in total. The Morgan fingerprint density at radius 3 is 2.46 bits per heavy atom. The maximum absolute atomic E-state index is 12.4. The number of nitrogens with one attached hydrogen (secondary N) is 1. The Morgan fingerprint density at radius 2 is 1.92 bits per heavy atom. The number of hydrogen-bond donors (Lipinski definition) is 2. The Bertz CT molecular complexity index is 511. The number of benzene rings is 1. The first-order valence-electron chi connectivity index (χ1n) is 8.77. The van der Waals surface area contributed by atoms with Crippen LogP contribution in [-0.2, 0) is 6.42 Å². The van der Waals surface area contributed by atoms with Crippen molar-refractivity contribution in [2.24, 2.45) is 5.41 Å². The molecule has 5 heteroatoms. The molecular weight excluding hydrogens is 302 g/mol. The van der Waals surface area contributed by atoms with Crippen molar-refractivity contribution in [3.63, 3.8) is 0 Å². The van der Waals surface area contributed by atoms with Crippen LogP contribution in [0.3, 0.4) is 0 Å². The molecule has 1 saturated heterocycles. The molecule has 5 nitrogen and oxygen atoms in total. The van der Waals surface area contributed by atoms with Gasteiger partial charge >= 0.3 is 6.03 Å². The molecule has 2 rings (SSSR count). The second-order valence-corrected chi connectivity index (χ2v) is 7.45. The Labute approximate surface area is 145 Å². The first-order chi connectivity index (χ1) is 11.4. The van der Waals surface area contributed by atoms with E-state index in [2.05, 4.69) is 29.3 Å². The van der Waals surface area contributed by atoms with Crippen LogP contribution < -0.4 is 5.32 Å². The van der Waals surface area contributed by atoms with Crippen LogP contribution in [0.5, 0.6) is 0 Å². The molecule has 1 aromatic carbocycles. The van der Waals surface area contributed by atoms with Crippen LogP contribution in [0.4, 0.5) is 4.79 Å². The molecule has 1 atom stereocenters. The number of nitrogens with zero attached hydrogens (tertiary/aromatic N) is 2. The lowest BCUT2D eigenvalue weighted by atomic mass is 9.81. The summed E-state index contributed by atoms with van der Waals surface area (Å²) < 4.78 is 0. The molecule has 0 saturated carbocycles. The molecule has 134 valence electrons. The summed E-state index contributed by atoms with van der Waals surface area (Å²) >= 11 is 0. The first kappa shape index (κ1) is 18.7. The largest absolute Gasteiger partial charge is 0.396 e. The van der Waals surface area contributed by atoms with Gasteiger partial charge in [-0.1, -0.05) is 37.3 Å². The van der Waals surface area contributed by atoms with Crippen molar-refractivity contribution in [3.8, 4) is 0 Å². The number of likely N-dealkylation sites (tertiary alicyclic amines) is 1. The third-order valence-electron chi connectivity index (χ3n) is 5.17. The Kier molecular flexibility index (Phi) is 6.63. The smallest absolute Gasteiger partial charge is 0.317 e. The SMILES string of the molecule is CN(C)[C@@H](CNC(=O)N1CCC(C)(CO)CC1)Cc1ccccc1. The molecule has 0 radical (unpaired) electrons. The third kappa shape index (κ3) is 5.21. The average Bonchev–Trinajstić information content (AvgIpc) is 2.59. The van der Waals surface area contributed by atoms with E-state index < -0.39 is 0 Å². The van der Waals surface area contributed by atoms with E-state index in [1.54, 1.807) is 0 Å². The lowest BCUT2D eigenvalue weighted by Gasteiger charge is -2.38. The molecule has 1 aliphatic heterocycles. The van der Waals surface area contributed by atoms with Crippen LogP contribution in [0, 0.1) is 5.41 Å². The van der Waals surface area contributed by atoms with Crippen molar-refractivity contribution in [3.05, 3.63) is 35.9 Å². The van der Waals surface area contributed by atoms with Gasteiger partial charge in [-0.3, -0.25) is 0 Å². The van der Waals surface area contributed by atoms with Crippen LogP contribution >= 0.6 is 0 Å². The van der Waals surface area contributed by atoms with Crippen LogP contribution in [0.1, 0.15) is 25.3 Å². The zero-order valence-corrected chi connectivity index (χ0v) is 15.2. The number of hydrogen-bond acceptors (Lipinski definition) is 3. The van der Waals surface area contributed by atoms with Crippen molar-refractivity contribution >= 4 is 6.03 Å². The van der Waals surface area contributed by atoms with E-state index in [4.69, 9.17) is 0 Å². The molecule has 24 heavy (non-hydrogen) atoms. The van der Waals surface area contributed by atoms with Gasteiger partial charge in [0.15, 0.2) is 0 Å². The monoisotopic (exact) mass is 333 g/mol. The van der Waals surface area contributed by atoms with Crippen LogP contribution in [0.2, 0.25) is 0 Å². The Balaban J connectivity index is 1.82. The molecule has 0 bridgehead atoms. The zero-order valence-electron chi connectivity index (χ0n) is 15.2. The van der Waals surface area contributed by atoms with Gasteiger partial charge in [0, 0.05) is 32.3 Å². The van der Waals surface area contributed by atoms with Crippen molar-refractivity contribution in [2.75, 3.05) is 40.3 Å². The maximum Gasteiger partial charge on any atom is 0.317 e. The van der Waals surface area contributed by atoms with E-state index in [1.807, 2.05) is 37.2 Å². The molecule has 1 aliphatic rings. The summed E-state index contributed by atoms with van der Waals surface area (Å²) in [7, 11) is 4.10. The molecule has 0 spiro atoms. The van der Waals surface area contributed by atoms with Crippen LogP contribution in [0.25, 0.3) is 0 Å². The van der Waals surface area contributed by atoms with E-state index in [0.29, 0.717) is 19.6 Å². The number of amides is 2. The highest BCUT2D eigenvalue weighted by Gasteiger charge is 2.31. The minimum atomic E-state index is -0.0315. The summed E-state index contributed by atoms with van der Waals surface area (Å²) in [6, 6.07) is 10.6. The van der Waals surface area contributed by atoms with Crippen molar-refractivity contribution in [1.82, 2.24) is 15.1 Å². The molecule has 1 aromatic rings. The Hall–Kier alpha value is -1.59. The first-order valence-corrected chi connectivity index (χ1v) is 8.77. The number of aliphatic hydroxyl groups is 1. The fourth-order valence-electron chi connectivity index (χ4n) is 3.05. The molecule has 0 aliphatic carbocycles. The van der Waals surface area contributed by atoms with Gasteiger partial charge in [0.05, 0.1) is 0 Å². The van der Waals surface area contributed by atoms with Crippen molar-refractivity contribution < 1.29 is 9.90 Å². The summed E-state index contributed by atoms with van der Waals surface area (Å²) in [5.41, 5.74) is 1.25. The van der Waals surface area contributed by atoms with Gasteiger partial charge in [-0.15, -0.1) is 0 Å². The van der Waals surface area contributed by atoms with Gasteiger partial charge in [0.1, 0.15) is 0 Å². The Morgan fingerprint density at radius 1 is 1.29 bits per heavy atom. The highest BCUT2D eigenvalue weighted by atomic mass is 16.3. The fraction of sp³-hybridized carbons (Fsp3) is 0.632. The van der Waals surface area contributed by atoms with E-state index >= 15 is 0 Å². The van der Waals surface area contributed by atoms with E-state index in [-0.39, 0.29) is 24.1 Å². The van der Waals surface area contributed by atoms with E-state index in [1.165, 1.54) is 5.56 Å². The number of carbonyl (C=O) groups is 1. The minimum absolute atomic E-state index is 0.00917. The summed E-state index contributed by atoms with van der Waals surface area (Å²) in [5.74, 6) is 0. The van der Waals surface area contributed by atoms with Gasteiger partial charge < -0.3 is 20.2 Å². The maximum atomic E-state index is 12.4. The summed E-state index contributed by atoms with van der Waals surface area (Å²) in [5, 5.41) is 12.5. The van der Waals surface area contributed by atoms with Gasteiger partial charge in [0.2, 0.25) is 0 Å². The number of carbonyl (C=O) groups excluding carboxylic acids is 1. The number of piperidine rings is 1. The second-order valence-electron chi connectivity index (χ2n) is 7.45. The highest BCUT2D eigenvalue weighted by Crippen LogP contribution is 2.29. The van der Waals surface area contributed by atoms with E-state index in [0.717, 1.165) is 19.3 Å². The molecule has 1 heterocycles. The van der Waals surface area contributed by atoms with Crippen LogP contribution in [0.15, 0.2) is 30.3 Å². The van der Waals surface area contributed by atoms with Gasteiger partial charge in [-0.05, 0) is 44.3 Å². The molecule has 1 fully saturated rings. The summed E-state index contributed by atoms with van der Waals surface area (Å²) in [4.78, 5) is 16.4. The lowest BCUT2D eigenvalue weighted by Crippen LogP contribution is -2.50. The van der Waals surface area contributed by atoms with Crippen molar-refractivity contribution in [1.29, 1.82) is 0 Å². The summed E-state index contributed by atoms with van der Waals surface area (Å²) in [6.45, 7) is 4.35. The topological polar surface area (TPSA) is 55.8 Å². The normalized spacial score (nSPS) is 18.5. The molecule has 0 unspecified atom stereocenters. The average molecular weight is 333 g/mol. The number of likely N-dealkylation sites (N-methyl/N-ethyl adjacent to an activating group) is 1. The quantitative estimate of drug-likeness (QED) is 0.837. The predicted molar refractivity (Wildman–Crippen MR) is 97.0 cm³/mol. The summed E-state index contributed by atoms with van der Waals surface area (Å²) in [6.07, 6.45) is 2.63. The standard InChI is InChI=1S/C19H31N3O2/c1-19(15-23)9-11-22(12-10-19)18(24)20-14-17(21(2)3)13-16-7-5-4-6-8-16/h4-8,17,23H,9-15H2,1-3H3,(H,20,24)/t17-/m1/s1. The lowest BCUT2D eigenvalue weighted by molar-refractivity contribution is 0.0697. The van der Waals surface area contributed by atoms with Gasteiger partial charge in [-0.25, -0.2) is 4.79 Å². The van der Waals surface area contributed by atoms with Crippen LogP contribution in [-0.4, -0.2) is 67.3 Å².